The molecule has 0 aliphatic heterocycles. The van der Waals surface area contributed by atoms with Gasteiger partial charge >= 0.3 is 0 Å². The highest BCUT2D eigenvalue weighted by Gasteiger charge is 2.07. The molecular formula is C15H13NO. The zero-order valence-electron chi connectivity index (χ0n) is 9.68. The highest BCUT2D eigenvalue weighted by atomic mass is 16.5. The first-order valence-electron chi connectivity index (χ1n) is 5.80. The van der Waals surface area contributed by atoms with Crippen LogP contribution in [0.3, 0.4) is 0 Å². The van der Waals surface area contributed by atoms with Crippen molar-refractivity contribution in [2.24, 2.45) is 0 Å². The fourth-order valence-electron chi connectivity index (χ4n) is 2.12. The van der Waals surface area contributed by atoms with Gasteiger partial charge in [0.05, 0.1) is 12.1 Å². The molecule has 0 fully saturated rings. The molecular weight excluding hydrogens is 210 g/mol. The maximum absolute atomic E-state index is 5.62. The van der Waals surface area contributed by atoms with Crippen molar-refractivity contribution < 1.29 is 4.74 Å². The van der Waals surface area contributed by atoms with E-state index in [2.05, 4.69) is 23.2 Å². The van der Waals surface area contributed by atoms with Crippen LogP contribution in [0.1, 0.15) is 6.92 Å². The van der Waals surface area contributed by atoms with Gasteiger partial charge in [-0.05, 0) is 24.4 Å². The average Bonchev–Trinajstić information content (AvgIpc) is 2.39. The van der Waals surface area contributed by atoms with Gasteiger partial charge in [-0.3, -0.25) is 0 Å². The minimum absolute atomic E-state index is 0.634. The number of ether oxygens (including phenoxy) is 1. The Hall–Kier alpha value is -2.09. The summed E-state index contributed by atoms with van der Waals surface area (Å²) in [5.74, 6) is 0.724. The van der Waals surface area contributed by atoms with E-state index in [-0.39, 0.29) is 0 Å². The third-order valence-corrected chi connectivity index (χ3v) is 2.85. The molecule has 3 rings (SSSR count). The molecule has 1 heterocycles. The molecule has 0 unspecified atom stereocenters. The first-order chi connectivity index (χ1) is 8.40. The van der Waals surface area contributed by atoms with Crippen LogP contribution < -0.4 is 4.74 Å². The van der Waals surface area contributed by atoms with Crippen molar-refractivity contribution in [3.63, 3.8) is 0 Å². The number of aromatic nitrogens is 1. The zero-order valence-corrected chi connectivity index (χ0v) is 9.68. The second-order valence-corrected chi connectivity index (χ2v) is 3.91. The van der Waals surface area contributed by atoms with Crippen LogP contribution in [0, 0.1) is 0 Å². The third-order valence-electron chi connectivity index (χ3n) is 2.85. The monoisotopic (exact) mass is 223 g/mol. The molecule has 2 aromatic carbocycles. The predicted molar refractivity (Wildman–Crippen MR) is 70.4 cm³/mol. The van der Waals surface area contributed by atoms with Gasteiger partial charge in [0.1, 0.15) is 0 Å². The fraction of sp³-hybridized carbons (Fsp3) is 0.133. The SMILES string of the molecule is CCOc1nc2ccccc2c2ccccc12. The number of hydrogen-bond acceptors (Lipinski definition) is 2. The van der Waals surface area contributed by atoms with Gasteiger partial charge in [0.2, 0.25) is 5.88 Å². The van der Waals surface area contributed by atoms with Crippen LogP contribution >= 0.6 is 0 Å². The summed E-state index contributed by atoms with van der Waals surface area (Å²) >= 11 is 0. The van der Waals surface area contributed by atoms with Gasteiger partial charge in [0.15, 0.2) is 0 Å². The number of nitrogens with zero attached hydrogens (tertiary/aromatic N) is 1. The third kappa shape index (κ3) is 1.62. The van der Waals surface area contributed by atoms with Crippen LogP contribution in [-0.4, -0.2) is 11.6 Å². The van der Waals surface area contributed by atoms with E-state index < -0.39 is 0 Å². The van der Waals surface area contributed by atoms with Crippen molar-refractivity contribution in [3.05, 3.63) is 48.5 Å². The lowest BCUT2D eigenvalue weighted by atomic mass is 10.1. The van der Waals surface area contributed by atoms with Crippen LogP contribution in [0.5, 0.6) is 5.88 Å². The summed E-state index contributed by atoms with van der Waals surface area (Å²) in [6.45, 7) is 2.61. The first-order valence-corrected chi connectivity index (χ1v) is 5.80. The van der Waals surface area contributed by atoms with Gasteiger partial charge in [-0.15, -0.1) is 0 Å². The Bertz CT molecular complexity index is 676. The minimum atomic E-state index is 0.634. The van der Waals surface area contributed by atoms with Crippen molar-refractivity contribution in [1.82, 2.24) is 4.98 Å². The molecule has 0 N–H and O–H groups in total. The van der Waals surface area contributed by atoms with Gasteiger partial charge in [0.25, 0.3) is 0 Å². The first kappa shape index (κ1) is 10.1. The van der Waals surface area contributed by atoms with E-state index in [1.54, 1.807) is 0 Å². The molecule has 0 atom stereocenters. The Morgan fingerprint density at radius 2 is 1.53 bits per heavy atom. The van der Waals surface area contributed by atoms with Crippen molar-refractivity contribution in [3.8, 4) is 5.88 Å². The molecule has 3 aromatic rings. The second kappa shape index (κ2) is 4.06. The Morgan fingerprint density at radius 1 is 0.882 bits per heavy atom. The van der Waals surface area contributed by atoms with E-state index in [4.69, 9.17) is 4.74 Å². The van der Waals surface area contributed by atoms with E-state index in [0.29, 0.717) is 6.61 Å². The van der Waals surface area contributed by atoms with Gasteiger partial charge in [-0.1, -0.05) is 36.4 Å². The largest absolute Gasteiger partial charge is 0.478 e. The number of hydrogen-bond donors (Lipinski definition) is 0. The summed E-state index contributed by atoms with van der Waals surface area (Å²) in [5, 5.41) is 3.45. The summed E-state index contributed by atoms with van der Waals surface area (Å²) < 4.78 is 5.62. The van der Waals surface area contributed by atoms with Gasteiger partial charge < -0.3 is 4.74 Å². The van der Waals surface area contributed by atoms with Crippen molar-refractivity contribution in [1.29, 1.82) is 0 Å². The molecule has 0 saturated carbocycles. The summed E-state index contributed by atoms with van der Waals surface area (Å²) in [5.41, 5.74) is 0.981. The number of benzene rings is 2. The number of pyridine rings is 1. The fourth-order valence-corrected chi connectivity index (χ4v) is 2.12. The van der Waals surface area contributed by atoms with Crippen LogP contribution in [-0.2, 0) is 0 Å². The normalized spacial score (nSPS) is 10.9. The van der Waals surface area contributed by atoms with E-state index in [1.807, 2.05) is 37.3 Å². The average molecular weight is 223 g/mol. The molecule has 0 saturated heterocycles. The summed E-state index contributed by atoms with van der Waals surface area (Å²) in [6, 6.07) is 16.4. The molecule has 0 amide bonds. The maximum Gasteiger partial charge on any atom is 0.221 e. The standard InChI is InChI=1S/C15H13NO/c1-2-17-15-13-9-4-3-7-11(13)12-8-5-6-10-14(12)16-15/h3-10H,2H2,1H3. The molecule has 84 valence electrons. The van der Waals surface area contributed by atoms with E-state index >= 15 is 0 Å². The summed E-state index contributed by atoms with van der Waals surface area (Å²) in [6.07, 6.45) is 0. The zero-order chi connectivity index (χ0) is 11.7. The molecule has 0 aliphatic rings. The van der Waals surface area contributed by atoms with Crippen LogP contribution in [0.25, 0.3) is 21.7 Å². The molecule has 0 spiro atoms. The Kier molecular flexibility index (Phi) is 2.41. The number of para-hydroxylation sites is 1. The molecule has 1 aromatic heterocycles. The smallest absolute Gasteiger partial charge is 0.221 e. The molecule has 0 radical (unpaired) electrons. The van der Waals surface area contributed by atoms with Crippen molar-refractivity contribution in [2.75, 3.05) is 6.61 Å². The minimum Gasteiger partial charge on any atom is -0.478 e. The molecule has 17 heavy (non-hydrogen) atoms. The molecule has 2 nitrogen and oxygen atoms in total. The molecule has 2 heteroatoms. The topological polar surface area (TPSA) is 22.1 Å². The van der Waals surface area contributed by atoms with E-state index in [0.717, 1.165) is 16.8 Å². The Morgan fingerprint density at radius 3 is 2.29 bits per heavy atom. The summed E-state index contributed by atoms with van der Waals surface area (Å²) in [7, 11) is 0. The number of rotatable bonds is 2. The van der Waals surface area contributed by atoms with Gasteiger partial charge in [0, 0.05) is 10.8 Å². The highest BCUT2D eigenvalue weighted by molar-refractivity contribution is 6.07. The number of fused-ring (bicyclic) bond motifs is 3. The van der Waals surface area contributed by atoms with E-state index in [1.165, 1.54) is 10.8 Å². The lowest BCUT2D eigenvalue weighted by Gasteiger charge is -2.09. The van der Waals surface area contributed by atoms with Gasteiger partial charge in [-0.25, -0.2) is 4.98 Å². The second-order valence-electron chi connectivity index (χ2n) is 3.91. The Balaban J connectivity index is 2.45. The van der Waals surface area contributed by atoms with Crippen LogP contribution in [0.4, 0.5) is 0 Å². The summed E-state index contributed by atoms with van der Waals surface area (Å²) in [4.78, 5) is 4.57. The van der Waals surface area contributed by atoms with Crippen molar-refractivity contribution >= 4 is 21.7 Å². The lowest BCUT2D eigenvalue weighted by molar-refractivity contribution is 0.332. The van der Waals surface area contributed by atoms with Gasteiger partial charge in [-0.2, -0.15) is 0 Å². The molecule has 0 aliphatic carbocycles. The van der Waals surface area contributed by atoms with Crippen LogP contribution in [0.2, 0.25) is 0 Å². The Labute approximate surface area is 99.9 Å². The van der Waals surface area contributed by atoms with E-state index in [9.17, 15) is 0 Å². The van der Waals surface area contributed by atoms with Crippen LogP contribution in [0.15, 0.2) is 48.5 Å². The quantitative estimate of drug-likeness (QED) is 0.617. The maximum atomic E-state index is 5.62. The molecule has 0 bridgehead atoms. The highest BCUT2D eigenvalue weighted by Crippen LogP contribution is 2.30. The lowest BCUT2D eigenvalue weighted by Crippen LogP contribution is -1.96. The predicted octanol–water partition coefficient (Wildman–Crippen LogP) is 3.79. The van der Waals surface area contributed by atoms with Crippen molar-refractivity contribution in [2.45, 2.75) is 6.92 Å².